The van der Waals surface area contributed by atoms with Gasteiger partial charge in [-0.05, 0) is 61.4 Å². The maximum Gasteiger partial charge on any atom is 0.255 e. The van der Waals surface area contributed by atoms with Crippen molar-refractivity contribution in [1.29, 1.82) is 0 Å². The van der Waals surface area contributed by atoms with E-state index in [9.17, 15) is 9.59 Å². The van der Waals surface area contributed by atoms with Gasteiger partial charge >= 0.3 is 0 Å². The van der Waals surface area contributed by atoms with Gasteiger partial charge in [-0.3, -0.25) is 9.59 Å². The second kappa shape index (κ2) is 9.00. The smallest absolute Gasteiger partial charge is 0.255 e. The number of hydrogen-bond donors (Lipinski definition) is 2. The molecule has 0 atom stereocenters. The summed E-state index contributed by atoms with van der Waals surface area (Å²) in [5.41, 5.74) is 1.11. The molecule has 1 aliphatic heterocycles. The summed E-state index contributed by atoms with van der Waals surface area (Å²) in [5, 5.41) is 3.93. The van der Waals surface area contributed by atoms with Gasteiger partial charge in [-0.15, -0.1) is 0 Å². The second-order valence-corrected chi connectivity index (χ2v) is 7.86. The standard InChI is InChI=1S/C22H29N3O2/c1-16(2)15-25-11-9-17(10-12-25)14-23-21(26)8-7-19-13-18-5-3-4-6-20(18)24-22(19)27/h3-8,13,16-17H,9-12,14-15H2,1-2H3,(H,23,26)(H,24,27)/b8-7+. The zero-order chi connectivity index (χ0) is 19.2. The average molecular weight is 367 g/mol. The highest BCUT2D eigenvalue weighted by Crippen LogP contribution is 2.17. The number of likely N-dealkylation sites (tertiary alicyclic amines) is 1. The van der Waals surface area contributed by atoms with Gasteiger partial charge in [0.05, 0.1) is 0 Å². The minimum absolute atomic E-state index is 0.146. The average Bonchev–Trinajstić information content (AvgIpc) is 2.65. The summed E-state index contributed by atoms with van der Waals surface area (Å²) >= 11 is 0. The third-order valence-electron chi connectivity index (χ3n) is 5.09. The van der Waals surface area contributed by atoms with Gasteiger partial charge in [-0.25, -0.2) is 0 Å². The molecule has 0 spiro atoms. The van der Waals surface area contributed by atoms with Gasteiger partial charge in [0.2, 0.25) is 5.91 Å². The Labute approximate surface area is 160 Å². The molecule has 5 heteroatoms. The number of fused-ring (bicyclic) bond motifs is 1. The molecule has 1 saturated heterocycles. The van der Waals surface area contributed by atoms with Crippen molar-refractivity contribution in [3.05, 3.63) is 52.3 Å². The number of benzene rings is 1. The second-order valence-electron chi connectivity index (χ2n) is 7.86. The van der Waals surface area contributed by atoms with Crippen molar-refractivity contribution in [2.45, 2.75) is 26.7 Å². The summed E-state index contributed by atoms with van der Waals surface area (Å²) in [6, 6.07) is 9.42. The van der Waals surface area contributed by atoms with Gasteiger partial charge < -0.3 is 15.2 Å². The number of pyridine rings is 1. The number of aromatic amines is 1. The molecule has 0 unspecified atom stereocenters. The van der Waals surface area contributed by atoms with Crippen molar-refractivity contribution in [1.82, 2.24) is 15.2 Å². The molecule has 5 nitrogen and oxygen atoms in total. The SMILES string of the molecule is CC(C)CN1CCC(CNC(=O)/C=C/c2cc3ccccc3[nH]c2=O)CC1. The Morgan fingerprint density at radius 2 is 2.04 bits per heavy atom. The number of carbonyl (C=O) groups excluding carboxylic acids is 1. The summed E-state index contributed by atoms with van der Waals surface area (Å²) in [7, 11) is 0. The maximum atomic E-state index is 12.1. The monoisotopic (exact) mass is 367 g/mol. The van der Waals surface area contributed by atoms with Gasteiger partial charge in [0.1, 0.15) is 0 Å². The molecule has 0 radical (unpaired) electrons. The van der Waals surface area contributed by atoms with Gasteiger partial charge in [0, 0.05) is 30.2 Å². The van der Waals surface area contributed by atoms with E-state index in [4.69, 9.17) is 0 Å². The first-order chi connectivity index (χ1) is 13.0. The Morgan fingerprint density at radius 3 is 2.78 bits per heavy atom. The number of aromatic nitrogens is 1. The van der Waals surface area contributed by atoms with E-state index in [2.05, 4.69) is 29.0 Å². The summed E-state index contributed by atoms with van der Waals surface area (Å²) in [6.07, 6.45) is 5.29. The summed E-state index contributed by atoms with van der Waals surface area (Å²) in [5.74, 6) is 1.09. The van der Waals surface area contributed by atoms with Crippen LogP contribution < -0.4 is 10.9 Å². The quantitative estimate of drug-likeness (QED) is 0.772. The number of hydrogen-bond acceptors (Lipinski definition) is 3. The Kier molecular flexibility index (Phi) is 6.45. The fraction of sp³-hybridized carbons (Fsp3) is 0.455. The van der Waals surface area contributed by atoms with Crippen molar-refractivity contribution in [2.75, 3.05) is 26.2 Å². The molecule has 2 aromatic rings. The first-order valence-electron chi connectivity index (χ1n) is 9.81. The van der Waals surface area contributed by atoms with E-state index in [1.54, 1.807) is 6.08 Å². The summed E-state index contributed by atoms with van der Waals surface area (Å²) < 4.78 is 0. The van der Waals surface area contributed by atoms with Crippen LogP contribution in [-0.4, -0.2) is 42.0 Å². The Bertz CT molecular complexity index is 861. The van der Waals surface area contributed by atoms with Crippen LogP contribution in [0.15, 0.2) is 41.2 Å². The first-order valence-corrected chi connectivity index (χ1v) is 9.81. The number of piperidine rings is 1. The zero-order valence-electron chi connectivity index (χ0n) is 16.2. The third kappa shape index (κ3) is 5.54. The predicted octanol–water partition coefficient (Wildman–Crippen LogP) is 3.03. The molecule has 144 valence electrons. The molecule has 27 heavy (non-hydrogen) atoms. The van der Waals surface area contributed by atoms with E-state index in [0.717, 1.165) is 43.4 Å². The highest BCUT2D eigenvalue weighted by atomic mass is 16.1. The molecule has 2 N–H and O–H groups in total. The maximum absolute atomic E-state index is 12.1. The molecule has 0 saturated carbocycles. The van der Waals surface area contributed by atoms with E-state index in [0.29, 0.717) is 23.9 Å². The highest BCUT2D eigenvalue weighted by Gasteiger charge is 2.19. The van der Waals surface area contributed by atoms with Crippen LogP contribution in [0.3, 0.4) is 0 Å². The van der Waals surface area contributed by atoms with Crippen molar-refractivity contribution < 1.29 is 4.79 Å². The largest absolute Gasteiger partial charge is 0.352 e. The molecule has 1 aromatic carbocycles. The van der Waals surface area contributed by atoms with Gasteiger partial charge in [-0.2, -0.15) is 0 Å². The number of carbonyl (C=O) groups is 1. The van der Waals surface area contributed by atoms with Crippen molar-refractivity contribution in [3.8, 4) is 0 Å². The number of para-hydroxylation sites is 1. The van der Waals surface area contributed by atoms with E-state index in [1.807, 2.05) is 30.3 Å². The van der Waals surface area contributed by atoms with Crippen LogP contribution in [0.5, 0.6) is 0 Å². The summed E-state index contributed by atoms with van der Waals surface area (Å²) in [4.78, 5) is 29.6. The lowest BCUT2D eigenvalue weighted by Gasteiger charge is -2.32. The van der Waals surface area contributed by atoms with Crippen molar-refractivity contribution >= 4 is 22.9 Å². The van der Waals surface area contributed by atoms with E-state index >= 15 is 0 Å². The number of rotatable bonds is 6. The van der Waals surface area contributed by atoms with Gasteiger partial charge in [-0.1, -0.05) is 32.0 Å². The van der Waals surface area contributed by atoms with E-state index in [1.165, 1.54) is 6.08 Å². The van der Waals surface area contributed by atoms with Gasteiger partial charge in [0.25, 0.3) is 5.56 Å². The molecule has 0 bridgehead atoms. The lowest BCUT2D eigenvalue weighted by molar-refractivity contribution is -0.116. The molecular formula is C22H29N3O2. The number of H-pyrrole nitrogens is 1. The van der Waals surface area contributed by atoms with E-state index in [-0.39, 0.29) is 11.5 Å². The number of nitrogens with one attached hydrogen (secondary N) is 2. The predicted molar refractivity (Wildman–Crippen MR) is 111 cm³/mol. The van der Waals surface area contributed by atoms with Crippen LogP contribution in [0.2, 0.25) is 0 Å². The van der Waals surface area contributed by atoms with E-state index < -0.39 is 0 Å². The van der Waals surface area contributed by atoms with Crippen molar-refractivity contribution in [3.63, 3.8) is 0 Å². The van der Waals surface area contributed by atoms with Gasteiger partial charge in [0.15, 0.2) is 0 Å². The fourth-order valence-corrected chi connectivity index (χ4v) is 3.65. The first kappa shape index (κ1) is 19.4. The molecule has 1 amide bonds. The molecule has 2 heterocycles. The normalized spacial score (nSPS) is 16.4. The zero-order valence-corrected chi connectivity index (χ0v) is 16.2. The Morgan fingerprint density at radius 1 is 1.30 bits per heavy atom. The highest BCUT2D eigenvalue weighted by molar-refractivity contribution is 5.92. The molecular weight excluding hydrogens is 338 g/mol. The van der Waals surface area contributed by atoms with Crippen molar-refractivity contribution in [2.24, 2.45) is 11.8 Å². The topological polar surface area (TPSA) is 65.2 Å². The lowest BCUT2D eigenvalue weighted by Crippen LogP contribution is -2.39. The van der Waals surface area contributed by atoms with Crippen LogP contribution in [0, 0.1) is 11.8 Å². The fourth-order valence-electron chi connectivity index (χ4n) is 3.65. The van der Waals surface area contributed by atoms with Crippen LogP contribution >= 0.6 is 0 Å². The third-order valence-corrected chi connectivity index (χ3v) is 5.09. The molecule has 3 rings (SSSR count). The number of nitrogens with zero attached hydrogens (tertiary/aromatic N) is 1. The van der Waals surface area contributed by atoms with Crippen LogP contribution in [0.25, 0.3) is 17.0 Å². The lowest BCUT2D eigenvalue weighted by atomic mass is 9.96. The molecule has 1 aromatic heterocycles. The number of amides is 1. The summed E-state index contributed by atoms with van der Waals surface area (Å²) in [6.45, 7) is 8.58. The van der Waals surface area contributed by atoms with Crippen LogP contribution in [-0.2, 0) is 4.79 Å². The molecule has 1 fully saturated rings. The Hall–Kier alpha value is -2.40. The Balaban J connectivity index is 1.50. The van der Waals surface area contributed by atoms with Crippen LogP contribution in [0.4, 0.5) is 0 Å². The molecule has 0 aliphatic carbocycles. The van der Waals surface area contributed by atoms with Crippen LogP contribution in [0.1, 0.15) is 32.3 Å². The minimum atomic E-state index is -0.185. The minimum Gasteiger partial charge on any atom is -0.352 e. The molecule has 1 aliphatic rings.